The van der Waals surface area contributed by atoms with Crippen molar-refractivity contribution in [3.05, 3.63) is 115 Å². The van der Waals surface area contributed by atoms with E-state index in [1.807, 2.05) is 91.0 Å². The predicted molar refractivity (Wildman–Crippen MR) is 111 cm³/mol. The van der Waals surface area contributed by atoms with Crippen molar-refractivity contribution in [2.24, 2.45) is 5.10 Å². The van der Waals surface area contributed by atoms with Gasteiger partial charge in [0, 0.05) is 18.0 Å². The molecule has 0 spiro atoms. The second-order valence-electron chi connectivity index (χ2n) is 5.93. The van der Waals surface area contributed by atoms with Crippen molar-refractivity contribution in [3.8, 4) is 11.6 Å². The van der Waals surface area contributed by atoms with Gasteiger partial charge in [-0.3, -0.25) is 5.43 Å². The molecule has 28 heavy (non-hydrogen) atoms. The first kappa shape index (κ1) is 17.4. The number of hydrazone groups is 1. The maximum atomic E-state index is 5.98. The zero-order valence-corrected chi connectivity index (χ0v) is 15.1. The summed E-state index contributed by atoms with van der Waals surface area (Å²) in [4.78, 5) is 8.89. The molecule has 0 saturated carbocycles. The highest BCUT2D eigenvalue weighted by Gasteiger charge is 2.16. The molecule has 0 aliphatic rings. The Morgan fingerprint density at radius 1 is 0.714 bits per heavy atom. The van der Waals surface area contributed by atoms with E-state index < -0.39 is 0 Å². The number of anilines is 1. The molecule has 5 heteroatoms. The van der Waals surface area contributed by atoms with Gasteiger partial charge < -0.3 is 4.74 Å². The lowest BCUT2D eigenvalue weighted by atomic mass is 10.1. The van der Waals surface area contributed by atoms with Gasteiger partial charge in [0.2, 0.25) is 5.88 Å². The summed E-state index contributed by atoms with van der Waals surface area (Å²) in [7, 11) is 0. The Morgan fingerprint density at radius 2 is 1.32 bits per heavy atom. The van der Waals surface area contributed by atoms with Crippen LogP contribution in [0.5, 0.6) is 11.6 Å². The number of ether oxygens (including phenoxy) is 1. The maximum absolute atomic E-state index is 5.98. The maximum Gasteiger partial charge on any atom is 0.247 e. The Labute approximate surface area is 163 Å². The third kappa shape index (κ3) is 4.22. The molecule has 3 aromatic carbocycles. The van der Waals surface area contributed by atoms with Gasteiger partial charge in [0.05, 0.1) is 5.69 Å². The second kappa shape index (κ2) is 8.60. The van der Waals surface area contributed by atoms with Gasteiger partial charge >= 0.3 is 0 Å². The van der Waals surface area contributed by atoms with E-state index >= 15 is 0 Å². The summed E-state index contributed by atoms with van der Waals surface area (Å²) in [6, 6.07) is 29.1. The average molecular weight is 366 g/mol. The zero-order valence-electron chi connectivity index (χ0n) is 15.1. The first-order valence-electron chi connectivity index (χ1n) is 8.88. The van der Waals surface area contributed by atoms with Crippen molar-refractivity contribution in [3.63, 3.8) is 0 Å². The first-order valence-corrected chi connectivity index (χ1v) is 8.88. The van der Waals surface area contributed by atoms with Gasteiger partial charge in [0.1, 0.15) is 11.5 Å². The van der Waals surface area contributed by atoms with Crippen molar-refractivity contribution in [1.82, 2.24) is 9.97 Å². The molecule has 0 amide bonds. The van der Waals surface area contributed by atoms with Crippen LogP contribution in [0.25, 0.3) is 0 Å². The molecule has 0 unspecified atom stereocenters. The van der Waals surface area contributed by atoms with E-state index in [0.29, 0.717) is 23.0 Å². The fourth-order valence-electron chi connectivity index (χ4n) is 2.65. The Morgan fingerprint density at radius 3 is 2.04 bits per heavy atom. The van der Waals surface area contributed by atoms with Crippen LogP contribution in [0.4, 0.5) is 5.69 Å². The summed E-state index contributed by atoms with van der Waals surface area (Å²) >= 11 is 0. The minimum atomic E-state index is 0.395. The first-order chi connectivity index (χ1) is 13.9. The van der Waals surface area contributed by atoms with Crippen molar-refractivity contribution >= 4 is 11.4 Å². The quantitative estimate of drug-likeness (QED) is 0.379. The van der Waals surface area contributed by atoms with Gasteiger partial charge in [-0.05, 0) is 24.3 Å². The van der Waals surface area contributed by atoms with Gasteiger partial charge in [0.15, 0.2) is 5.69 Å². The number of rotatable bonds is 6. The molecule has 4 aromatic rings. The Balaban J connectivity index is 1.75. The normalized spacial score (nSPS) is 11.1. The van der Waals surface area contributed by atoms with E-state index in [4.69, 9.17) is 4.74 Å². The Hall–Kier alpha value is -3.99. The summed E-state index contributed by atoms with van der Waals surface area (Å²) in [5.74, 6) is 1.08. The third-order valence-corrected chi connectivity index (χ3v) is 3.96. The number of para-hydroxylation sites is 2. The molecular formula is C23H18N4O. The highest BCUT2D eigenvalue weighted by Crippen LogP contribution is 2.24. The number of benzene rings is 3. The molecule has 1 heterocycles. The van der Waals surface area contributed by atoms with Crippen molar-refractivity contribution in [2.45, 2.75) is 0 Å². The monoisotopic (exact) mass is 366 g/mol. The van der Waals surface area contributed by atoms with E-state index in [2.05, 4.69) is 20.5 Å². The second-order valence-corrected chi connectivity index (χ2v) is 5.93. The molecule has 1 aromatic heterocycles. The van der Waals surface area contributed by atoms with Gasteiger partial charge in [0.25, 0.3) is 0 Å². The van der Waals surface area contributed by atoms with Crippen LogP contribution in [0.1, 0.15) is 11.3 Å². The van der Waals surface area contributed by atoms with Gasteiger partial charge in [-0.2, -0.15) is 5.10 Å². The smallest absolute Gasteiger partial charge is 0.247 e. The molecule has 5 nitrogen and oxygen atoms in total. The number of nitrogens with one attached hydrogen (secondary N) is 1. The molecule has 0 saturated heterocycles. The molecule has 0 radical (unpaired) electrons. The average Bonchev–Trinajstić information content (AvgIpc) is 2.77. The third-order valence-electron chi connectivity index (χ3n) is 3.96. The van der Waals surface area contributed by atoms with Crippen LogP contribution >= 0.6 is 0 Å². The largest absolute Gasteiger partial charge is 0.437 e. The van der Waals surface area contributed by atoms with Crippen LogP contribution in [-0.4, -0.2) is 15.7 Å². The lowest BCUT2D eigenvalue weighted by molar-refractivity contribution is 0.459. The van der Waals surface area contributed by atoms with Crippen LogP contribution in [0.2, 0.25) is 0 Å². The molecule has 0 bridgehead atoms. The van der Waals surface area contributed by atoms with E-state index in [9.17, 15) is 0 Å². The van der Waals surface area contributed by atoms with Gasteiger partial charge in [-0.25, -0.2) is 9.97 Å². The van der Waals surface area contributed by atoms with E-state index in [-0.39, 0.29) is 0 Å². The SMILES string of the molecule is c1ccc(N/N=C(\c2ccccc2)c2nccnc2Oc2ccccc2)cc1. The van der Waals surface area contributed by atoms with Crippen LogP contribution in [-0.2, 0) is 0 Å². The molecule has 0 fully saturated rings. The molecule has 4 rings (SSSR count). The molecule has 0 aliphatic heterocycles. The number of aromatic nitrogens is 2. The summed E-state index contributed by atoms with van der Waals surface area (Å²) in [6.07, 6.45) is 3.24. The van der Waals surface area contributed by atoms with Crippen molar-refractivity contribution < 1.29 is 4.74 Å². The highest BCUT2D eigenvalue weighted by atomic mass is 16.5. The molecule has 1 N–H and O–H groups in total. The summed E-state index contributed by atoms with van der Waals surface area (Å²) in [5.41, 5.74) is 6.08. The van der Waals surface area contributed by atoms with E-state index in [1.165, 1.54) is 0 Å². The molecule has 136 valence electrons. The summed E-state index contributed by atoms with van der Waals surface area (Å²) < 4.78 is 5.98. The predicted octanol–water partition coefficient (Wildman–Crippen LogP) is 5.13. The van der Waals surface area contributed by atoms with Crippen molar-refractivity contribution in [2.75, 3.05) is 5.43 Å². The van der Waals surface area contributed by atoms with Crippen LogP contribution in [0.15, 0.2) is 108 Å². The fourth-order valence-corrected chi connectivity index (χ4v) is 2.65. The molecule has 0 aliphatic carbocycles. The lowest BCUT2D eigenvalue weighted by Gasteiger charge is -2.12. The lowest BCUT2D eigenvalue weighted by Crippen LogP contribution is -2.11. The topological polar surface area (TPSA) is 59.4 Å². The minimum absolute atomic E-state index is 0.395. The van der Waals surface area contributed by atoms with Gasteiger partial charge in [-0.15, -0.1) is 0 Å². The fraction of sp³-hybridized carbons (Fsp3) is 0. The molecule has 0 atom stereocenters. The van der Waals surface area contributed by atoms with Crippen molar-refractivity contribution in [1.29, 1.82) is 0 Å². The summed E-state index contributed by atoms with van der Waals surface area (Å²) in [6.45, 7) is 0. The Kier molecular flexibility index (Phi) is 5.35. The number of nitrogens with zero attached hydrogens (tertiary/aromatic N) is 3. The standard InChI is InChI=1S/C23H18N4O/c1-4-10-18(11-5-1)21(27-26-19-12-6-2-7-13-19)22-23(25-17-16-24-22)28-20-14-8-3-9-15-20/h1-17,26H/b27-21+. The highest BCUT2D eigenvalue weighted by molar-refractivity contribution is 6.13. The zero-order chi connectivity index (χ0) is 19.0. The van der Waals surface area contributed by atoms with E-state index in [1.54, 1.807) is 12.4 Å². The number of hydrogen-bond acceptors (Lipinski definition) is 5. The van der Waals surface area contributed by atoms with E-state index in [0.717, 1.165) is 11.3 Å². The summed E-state index contributed by atoms with van der Waals surface area (Å²) in [5, 5.41) is 4.62. The van der Waals surface area contributed by atoms with Crippen LogP contribution < -0.4 is 10.2 Å². The number of hydrogen-bond donors (Lipinski definition) is 1. The Bertz CT molecular complexity index is 1050. The minimum Gasteiger partial charge on any atom is -0.437 e. The molecular weight excluding hydrogens is 348 g/mol. The van der Waals surface area contributed by atoms with Crippen LogP contribution in [0.3, 0.4) is 0 Å². The van der Waals surface area contributed by atoms with Gasteiger partial charge in [-0.1, -0.05) is 66.7 Å². The van der Waals surface area contributed by atoms with Crippen LogP contribution in [0, 0.1) is 0 Å².